The van der Waals surface area contributed by atoms with Crippen molar-refractivity contribution in [2.45, 2.75) is 4.90 Å². The van der Waals surface area contributed by atoms with E-state index in [-0.39, 0.29) is 9.92 Å². The highest BCUT2D eigenvalue weighted by Crippen LogP contribution is 2.25. The van der Waals surface area contributed by atoms with Crippen molar-refractivity contribution in [1.29, 1.82) is 0 Å². The molecule has 1 saturated heterocycles. The van der Waals surface area contributed by atoms with Crippen LogP contribution in [0.3, 0.4) is 0 Å². The Morgan fingerprint density at radius 2 is 1.47 bits per heavy atom. The summed E-state index contributed by atoms with van der Waals surface area (Å²) in [5.41, 5.74) is 1.68. The second kappa shape index (κ2) is 8.10. The van der Waals surface area contributed by atoms with Crippen LogP contribution in [-0.4, -0.2) is 44.4 Å². The number of halogens is 1. The van der Waals surface area contributed by atoms with Crippen LogP contribution in [0.1, 0.15) is 0 Å². The highest BCUT2D eigenvalue weighted by molar-refractivity contribution is 7.89. The highest BCUT2D eigenvalue weighted by atomic mass is 35.5. The molecule has 2 N–H and O–H groups in total. The Balaban J connectivity index is 1.54. The number of primary sulfonamides is 1. The van der Waals surface area contributed by atoms with Crippen LogP contribution >= 0.6 is 11.6 Å². The van der Waals surface area contributed by atoms with E-state index in [0.717, 1.165) is 17.8 Å². The van der Waals surface area contributed by atoms with Gasteiger partial charge in [0, 0.05) is 31.9 Å². The number of aromatic nitrogens is 2. The van der Waals surface area contributed by atoms with Gasteiger partial charge in [-0.15, -0.1) is 0 Å². The fraction of sp³-hybridized carbons (Fsp3) is 0.200. The number of hydrogen-bond donors (Lipinski definition) is 1. The zero-order valence-electron chi connectivity index (χ0n) is 16.0. The number of anilines is 2. The minimum absolute atomic E-state index is 0.0432. The summed E-state index contributed by atoms with van der Waals surface area (Å²) in [7, 11) is -3.81. The summed E-state index contributed by atoms with van der Waals surface area (Å²) in [6, 6.07) is 15.7. The summed E-state index contributed by atoms with van der Waals surface area (Å²) in [6.45, 7) is 3.03. The lowest BCUT2D eigenvalue weighted by atomic mass is 10.2. The summed E-state index contributed by atoms with van der Waals surface area (Å²) in [5.74, 6) is 0. The minimum atomic E-state index is -3.81. The molecule has 156 valence electrons. The molecule has 8 nitrogen and oxygen atoms in total. The first-order valence-electron chi connectivity index (χ1n) is 9.30. The summed E-state index contributed by atoms with van der Waals surface area (Å²) in [6.07, 6.45) is 1.56. The Kier molecular flexibility index (Phi) is 5.50. The third kappa shape index (κ3) is 4.04. The third-order valence-electron chi connectivity index (χ3n) is 5.05. The van der Waals surface area contributed by atoms with E-state index >= 15 is 0 Å². The number of piperazine rings is 1. The number of benzene rings is 2. The predicted molar refractivity (Wildman–Crippen MR) is 117 cm³/mol. The Morgan fingerprint density at radius 3 is 2.07 bits per heavy atom. The molecular weight excluding hydrogens is 426 g/mol. The van der Waals surface area contributed by atoms with Gasteiger partial charge in [-0.25, -0.2) is 13.6 Å². The van der Waals surface area contributed by atoms with Gasteiger partial charge in [-0.3, -0.25) is 4.79 Å². The van der Waals surface area contributed by atoms with Crippen molar-refractivity contribution >= 4 is 33.0 Å². The molecule has 4 rings (SSSR count). The van der Waals surface area contributed by atoms with E-state index in [1.165, 1.54) is 30.0 Å². The second-order valence-corrected chi connectivity index (χ2v) is 8.85. The van der Waals surface area contributed by atoms with Gasteiger partial charge in [0.15, 0.2) is 0 Å². The molecule has 0 saturated carbocycles. The van der Waals surface area contributed by atoms with Crippen LogP contribution in [0.15, 0.2) is 70.5 Å². The van der Waals surface area contributed by atoms with E-state index in [4.69, 9.17) is 16.7 Å². The van der Waals surface area contributed by atoms with E-state index in [9.17, 15) is 13.2 Å². The molecule has 0 unspecified atom stereocenters. The van der Waals surface area contributed by atoms with Gasteiger partial charge < -0.3 is 9.80 Å². The molecule has 0 amide bonds. The van der Waals surface area contributed by atoms with Gasteiger partial charge in [-0.1, -0.05) is 29.8 Å². The SMILES string of the molecule is NS(=O)(=O)c1ccc(-n2ncc(N3CCN(c4ccccc4)CC3)c(Cl)c2=O)cc1. The van der Waals surface area contributed by atoms with Crippen molar-refractivity contribution in [3.8, 4) is 5.69 Å². The second-order valence-electron chi connectivity index (χ2n) is 6.91. The number of para-hydroxylation sites is 1. The van der Waals surface area contributed by atoms with Gasteiger partial charge in [0.05, 0.1) is 22.5 Å². The Bertz CT molecular complexity index is 1210. The van der Waals surface area contributed by atoms with Crippen molar-refractivity contribution in [1.82, 2.24) is 9.78 Å². The number of hydrogen-bond acceptors (Lipinski definition) is 6. The molecule has 2 heterocycles. The molecule has 1 aromatic heterocycles. The molecule has 0 spiro atoms. The first-order valence-corrected chi connectivity index (χ1v) is 11.2. The Morgan fingerprint density at radius 1 is 0.867 bits per heavy atom. The zero-order valence-corrected chi connectivity index (χ0v) is 17.6. The fourth-order valence-electron chi connectivity index (χ4n) is 3.45. The molecule has 10 heteroatoms. The van der Waals surface area contributed by atoms with Gasteiger partial charge in [0.25, 0.3) is 5.56 Å². The molecule has 0 atom stereocenters. The smallest absolute Gasteiger partial charge is 0.292 e. The average molecular weight is 446 g/mol. The summed E-state index contributed by atoms with van der Waals surface area (Å²) in [5, 5.41) is 9.42. The van der Waals surface area contributed by atoms with Crippen molar-refractivity contribution < 1.29 is 8.42 Å². The average Bonchev–Trinajstić information content (AvgIpc) is 2.76. The van der Waals surface area contributed by atoms with Crippen molar-refractivity contribution in [3.05, 3.63) is 76.2 Å². The van der Waals surface area contributed by atoms with Crippen molar-refractivity contribution in [3.63, 3.8) is 0 Å². The van der Waals surface area contributed by atoms with E-state index in [0.29, 0.717) is 24.5 Å². The number of sulfonamides is 1. The molecule has 0 aliphatic carbocycles. The molecule has 30 heavy (non-hydrogen) atoms. The standard InChI is InChI=1S/C20H20ClN5O3S/c21-19-18(25-12-10-24(11-13-25)15-4-2-1-3-5-15)14-23-26(20(19)27)16-6-8-17(9-7-16)30(22,28)29/h1-9,14H,10-13H2,(H2,22,28,29). The normalized spacial score (nSPS) is 14.7. The maximum atomic E-state index is 12.8. The first kappa shape index (κ1) is 20.4. The van der Waals surface area contributed by atoms with E-state index in [1.54, 1.807) is 6.20 Å². The lowest BCUT2D eigenvalue weighted by Gasteiger charge is -2.37. The molecule has 2 aromatic carbocycles. The number of rotatable bonds is 4. The summed E-state index contributed by atoms with van der Waals surface area (Å²) >= 11 is 6.39. The van der Waals surface area contributed by atoms with E-state index < -0.39 is 15.6 Å². The lowest BCUT2D eigenvalue weighted by Crippen LogP contribution is -2.47. The molecule has 3 aromatic rings. The number of nitrogens with zero attached hydrogens (tertiary/aromatic N) is 4. The van der Waals surface area contributed by atoms with Crippen molar-refractivity contribution in [2.75, 3.05) is 36.0 Å². The predicted octanol–water partition coefficient (Wildman–Crippen LogP) is 1.86. The van der Waals surface area contributed by atoms with Crippen LogP contribution in [0.4, 0.5) is 11.4 Å². The summed E-state index contributed by atoms with van der Waals surface area (Å²) < 4.78 is 23.9. The van der Waals surface area contributed by atoms with Gasteiger partial charge in [-0.05, 0) is 36.4 Å². The van der Waals surface area contributed by atoms with Crippen LogP contribution in [0, 0.1) is 0 Å². The highest BCUT2D eigenvalue weighted by Gasteiger charge is 2.22. The van der Waals surface area contributed by atoms with Gasteiger partial charge in [0.2, 0.25) is 10.0 Å². The third-order valence-corrected chi connectivity index (χ3v) is 6.34. The van der Waals surface area contributed by atoms with Crippen LogP contribution in [0.2, 0.25) is 5.02 Å². The van der Waals surface area contributed by atoms with Crippen LogP contribution in [0.5, 0.6) is 0 Å². The van der Waals surface area contributed by atoms with Crippen LogP contribution in [-0.2, 0) is 10.0 Å². The summed E-state index contributed by atoms with van der Waals surface area (Å²) in [4.78, 5) is 17.1. The maximum absolute atomic E-state index is 12.8. The van der Waals surface area contributed by atoms with E-state index in [1.807, 2.05) is 23.1 Å². The van der Waals surface area contributed by atoms with Gasteiger partial charge >= 0.3 is 0 Å². The first-order chi connectivity index (χ1) is 14.3. The van der Waals surface area contributed by atoms with E-state index in [2.05, 4.69) is 22.1 Å². The Hall–Kier alpha value is -2.88. The zero-order chi connectivity index (χ0) is 21.3. The Labute approximate surface area is 179 Å². The topological polar surface area (TPSA) is 102 Å². The molecule has 1 aliphatic heterocycles. The maximum Gasteiger partial charge on any atom is 0.292 e. The molecule has 0 bridgehead atoms. The van der Waals surface area contributed by atoms with Crippen LogP contribution < -0.4 is 20.5 Å². The molecule has 1 aliphatic rings. The van der Waals surface area contributed by atoms with Gasteiger partial charge in [-0.2, -0.15) is 9.78 Å². The largest absolute Gasteiger partial charge is 0.368 e. The minimum Gasteiger partial charge on any atom is -0.368 e. The molecule has 1 fully saturated rings. The van der Waals surface area contributed by atoms with Crippen molar-refractivity contribution in [2.24, 2.45) is 5.14 Å². The number of nitrogens with two attached hydrogens (primary N) is 1. The monoisotopic (exact) mass is 445 g/mol. The fourth-order valence-corrected chi connectivity index (χ4v) is 4.21. The van der Waals surface area contributed by atoms with Gasteiger partial charge in [0.1, 0.15) is 5.02 Å². The van der Waals surface area contributed by atoms with Crippen LogP contribution in [0.25, 0.3) is 5.69 Å². The molecule has 0 radical (unpaired) electrons. The lowest BCUT2D eigenvalue weighted by molar-refractivity contribution is 0.597. The molecular formula is C20H20ClN5O3S. The quantitative estimate of drug-likeness (QED) is 0.657.